The lowest BCUT2D eigenvalue weighted by molar-refractivity contribution is -0.137. The van der Waals surface area contributed by atoms with E-state index in [-0.39, 0.29) is 12.3 Å². The molecule has 1 aliphatic heterocycles. The quantitative estimate of drug-likeness (QED) is 0.273. The van der Waals surface area contributed by atoms with Gasteiger partial charge in [-0.05, 0) is 54.0 Å². The lowest BCUT2D eigenvalue weighted by atomic mass is 9.86. The van der Waals surface area contributed by atoms with E-state index in [2.05, 4.69) is 24.3 Å². The van der Waals surface area contributed by atoms with E-state index in [4.69, 9.17) is 0 Å². The van der Waals surface area contributed by atoms with Crippen molar-refractivity contribution in [2.24, 2.45) is 13.0 Å². The maximum atomic E-state index is 13.6. The van der Waals surface area contributed by atoms with Gasteiger partial charge in [0.05, 0.1) is 5.56 Å². The SMILES string of the molecule is Cn1cc([C@H](CC(=O)N2CCC(Cc3ccccc3)CC2)c2cccc(C(F)(F)F)c2)c2ccccc21. The summed E-state index contributed by atoms with van der Waals surface area (Å²) in [7, 11) is 1.92. The monoisotopic (exact) mass is 504 g/mol. The van der Waals surface area contributed by atoms with Gasteiger partial charge in [0, 0.05) is 49.6 Å². The van der Waals surface area contributed by atoms with Crippen molar-refractivity contribution in [3.8, 4) is 0 Å². The van der Waals surface area contributed by atoms with Crippen LogP contribution < -0.4 is 0 Å². The molecular formula is C31H31F3N2O. The number of aryl methyl sites for hydroxylation is 1. The molecule has 1 aromatic heterocycles. The Kier molecular flexibility index (Phi) is 7.09. The van der Waals surface area contributed by atoms with Crippen molar-refractivity contribution in [3.05, 3.63) is 107 Å². The summed E-state index contributed by atoms with van der Waals surface area (Å²) in [6, 6.07) is 23.7. The minimum absolute atomic E-state index is 0.00601. The summed E-state index contributed by atoms with van der Waals surface area (Å²) in [4.78, 5) is 15.4. The number of piperidine rings is 1. The standard InChI is InChI=1S/C31H31F3N2O/c1-35-21-28(26-12-5-6-13-29(26)35)27(24-10-7-11-25(19-24)31(32,33)34)20-30(37)36-16-14-23(15-17-36)18-22-8-3-2-4-9-22/h2-13,19,21,23,27H,14-18,20H2,1H3/t27-/m1/s1. The zero-order valence-corrected chi connectivity index (χ0v) is 20.9. The number of carbonyl (C=O) groups is 1. The van der Waals surface area contributed by atoms with Crippen LogP contribution in [0.5, 0.6) is 0 Å². The molecule has 0 radical (unpaired) electrons. The fourth-order valence-corrected chi connectivity index (χ4v) is 5.63. The van der Waals surface area contributed by atoms with E-state index >= 15 is 0 Å². The molecule has 1 aliphatic rings. The van der Waals surface area contributed by atoms with Gasteiger partial charge in [-0.2, -0.15) is 13.2 Å². The number of fused-ring (bicyclic) bond motifs is 1. The van der Waals surface area contributed by atoms with Gasteiger partial charge in [0.1, 0.15) is 0 Å². The highest BCUT2D eigenvalue weighted by Gasteiger charge is 2.33. The minimum atomic E-state index is -4.44. The third-order valence-electron chi connectivity index (χ3n) is 7.63. The first-order valence-corrected chi connectivity index (χ1v) is 12.8. The second-order valence-electron chi connectivity index (χ2n) is 10.1. The number of carbonyl (C=O) groups excluding carboxylic acids is 1. The van der Waals surface area contributed by atoms with Crippen LogP contribution in [0.25, 0.3) is 10.9 Å². The molecule has 192 valence electrons. The highest BCUT2D eigenvalue weighted by molar-refractivity contribution is 5.86. The van der Waals surface area contributed by atoms with Crippen LogP contribution in [-0.4, -0.2) is 28.5 Å². The Morgan fingerprint density at radius 2 is 1.65 bits per heavy atom. The zero-order valence-electron chi connectivity index (χ0n) is 20.9. The van der Waals surface area contributed by atoms with Gasteiger partial charge < -0.3 is 9.47 Å². The molecular weight excluding hydrogens is 473 g/mol. The van der Waals surface area contributed by atoms with Crippen LogP contribution >= 0.6 is 0 Å². The molecule has 1 amide bonds. The van der Waals surface area contributed by atoms with Gasteiger partial charge >= 0.3 is 6.18 Å². The molecule has 5 rings (SSSR count). The highest BCUT2D eigenvalue weighted by atomic mass is 19.4. The summed E-state index contributed by atoms with van der Waals surface area (Å²) in [5.41, 5.74) is 3.00. The van der Waals surface area contributed by atoms with Crippen molar-refractivity contribution in [1.29, 1.82) is 0 Å². The van der Waals surface area contributed by atoms with E-state index < -0.39 is 17.7 Å². The van der Waals surface area contributed by atoms with Crippen LogP contribution in [0.3, 0.4) is 0 Å². The summed E-state index contributed by atoms with van der Waals surface area (Å²) in [5.74, 6) is 0.0558. The molecule has 4 aromatic rings. The molecule has 1 atom stereocenters. The molecule has 0 N–H and O–H groups in total. The van der Waals surface area contributed by atoms with Crippen LogP contribution in [0.1, 0.15) is 47.4 Å². The fraction of sp³-hybridized carbons (Fsp3) is 0.323. The van der Waals surface area contributed by atoms with Crippen molar-refractivity contribution >= 4 is 16.8 Å². The molecule has 0 bridgehead atoms. The molecule has 1 fully saturated rings. The molecule has 6 heteroatoms. The van der Waals surface area contributed by atoms with Crippen molar-refractivity contribution in [3.63, 3.8) is 0 Å². The molecule has 0 saturated carbocycles. The Labute approximate surface area is 215 Å². The number of amides is 1. The van der Waals surface area contributed by atoms with Gasteiger partial charge in [-0.15, -0.1) is 0 Å². The summed E-state index contributed by atoms with van der Waals surface area (Å²) in [5, 5.41) is 0.960. The van der Waals surface area contributed by atoms with Gasteiger partial charge in [-0.25, -0.2) is 0 Å². The normalized spacial score (nSPS) is 15.7. The Bertz CT molecular complexity index is 1370. The summed E-state index contributed by atoms with van der Waals surface area (Å²) < 4.78 is 42.7. The maximum Gasteiger partial charge on any atom is 0.416 e. The Hall–Kier alpha value is -3.54. The molecule has 0 unspecified atom stereocenters. The van der Waals surface area contributed by atoms with Gasteiger partial charge in [-0.1, -0.05) is 66.7 Å². The number of alkyl halides is 3. The number of likely N-dealkylation sites (tertiary alicyclic amines) is 1. The lowest BCUT2D eigenvalue weighted by Crippen LogP contribution is -2.39. The van der Waals surface area contributed by atoms with E-state index in [1.54, 1.807) is 6.07 Å². The summed E-state index contributed by atoms with van der Waals surface area (Å²) in [6.07, 6.45) is 0.523. The number of halogens is 3. The molecule has 2 heterocycles. The fourth-order valence-electron chi connectivity index (χ4n) is 5.63. The minimum Gasteiger partial charge on any atom is -0.350 e. The molecule has 37 heavy (non-hydrogen) atoms. The number of hydrogen-bond acceptors (Lipinski definition) is 1. The average Bonchev–Trinajstić information content (AvgIpc) is 3.24. The third kappa shape index (κ3) is 5.58. The second kappa shape index (κ2) is 10.4. The van der Waals surface area contributed by atoms with Crippen LogP contribution in [0.4, 0.5) is 13.2 Å². The van der Waals surface area contributed by atoms with Crippen molar-refractivity contribution < 1.29 is 18.0 Å². The van der Waals surface area contributed by atoms with E-state index in [0.717, 1.165) is 41.8 Å². The Morgan fingerprint density at radius 1 is 0.946 bits per heavy atom. The predicted octanol–water partition coefficient (Wildman–Crippen LogP) is 7.20. The first-order valence-electron chi connectivity index (χ1n) is 12.8. The first kappa shape index (κ1) is 25.1. The van der Waals surface area contributed by atoms with Gasteiger partial charge in [-0.3, -0.25) is 4.79 Å². The third-order valence-corrected chi connectivity index (χ3v) is 7.63. The summed E-state index contributed by atoms with van der Waals surface area (Å²) >= 11 is 0. The van der Waals surface area contributed by atoms with Crippen LogP contribution in [0.15, 0.2) is 85.1 Å². The van der Waals surface area contributed by atoms with Crippen molar-refractivity contribution in [2.75, 3.05) is 13.1 Å². The summed E-state index contributed by atoms with van der Waals surface area (Å²) in [6.45, 7) is 1.36. The first-order chi connectivity index (χ1) is 17.8. The second-order valence-corrected chi connectivity index (χ2v) is 10.1. The molecule has 0 aliphatic carbocycles. The van der Waals surface area contributed by atoms with Crippen molar-refractivity contribution in [2.45, 2.75) is 37.8 Å². The van der Waals surface area contributed by atoms with Crippen molar-refractivity contribution in [1.82, 2.24) is 9.47 Å². The highest BCUT2D eigenvalue weighted by Crippen LogP contribution is 2.38. The number of hydrogen-bond donors (Lipinski definition) is 0. The molecule has 3 nitrogen and oxygen atoms in total. The number of benzene rings is 3. The largest absolute Gasteiger partial charge is 0.416 e. The van der Waals surface area contributed by atoms with Gasteiger partial charge in [0.2, 0.25) is 5.91 Å². The lowest BCUT2D eigenvalue weighted by Gasteiger charge is -2.33. The van der Waals surface area contributed by atoms with Gasteiger partial charge in [0.15, 0.2) is 0 Å². The molecule has 1 saturated heterocycles. The predicted molar refractivity (Wildman–Crippen MR) is 140 cm³/mol. The number of aromatic nitrogens is 1. The topological polar surface area (TPSA) is 25.2 Å². The smallest absolute Gasteiger partial charge is 0.350 e. The van der Waals surface area contributed by atoms with E-state index in [1.165, 1.54) is 17.7 Å². The van der Waals surface area contributed by atoms with E-state index in [0.29, 0.717) is 24.6 Å². The van der Waals surface area contributed by atoms with E-state index in [9.17, 15) is 18.0 Å². The van der Waals surface area contributed by atoms with E-state index in [1.807, 2.05) is 53.0 Å². The molecule has 3 aromatic carbocycles. The maximum absolute atomic E-state index is 13.6. The molecule has 0 spiro atoms. The Morgan fingerprint density at radius 3 is 2.38 bits per heavy atom. The van der Waals surface area contributed by atoms with Crippen LogP contribution in [0, 0.1) is 5.92 Å². The van der Waals surface area contributed by atoms with Gasteiger partial charge in [0.25, 0.3) is 0 Å². The zero-order chi connectivity index (χ0) is 26.0. The number of nitrogens with zero attached hydrogens (tertiary/aromatic N) is 2. The van der Waals surface area contributed by atoms with Crippen LogP contribution in [0.2, 0.25) is 0 Å². The number of para-hydroxylation sites is 1. The average molecular weight is 505 g/mol. The Balaban J connectivity index is 1.39. The van der Waals surface area contributed by atoms with Crippen LogP contribution in [-0.2, 0) is 24.4 Å². The number of rotatable bonds is 6.